The van der Waals surface area contributed by atoms with Crippen LogP contribution in [-0.2, 0) is 20.9 Å². The normalized spacial score (nSPS) is 11.3. The molecule has 1 heterocycles. The summed E-state index contributed by atoms with van der Waals surface area (Å²) in [6, 6.07) is 20.1. The van der Waals surface area contributed by atoms with Crippen molar-refractivity contribution in [3.63, 3.8) is 0 Å². The summed E-state index contributed by atoms with van der Waals surface area (Å²) in [5.41, 5.74) is 0.996. The molecule has 2 aromatic carbocycles. The average molecular weight is 408 g/mol. The second-order valence-electron chi connectivity index (χ2n) is 6.15. The van der Waals surface area contributed by atoms with Crippen LogP contribution in [0.3, 0.4) is 0 Å². The number of amides is 2. The van der Waals surface area contributed by atoms with Crippen LogP contribution in [0.2, 0.25) is 0 Å². The van der Waals surface area contributed by atoms with Gasteiger partial charge in [-0.05, 0) is 29.1 Å². The summed E-state index contributed by atoms with van der Waals surface area (Å²) in [6.07, 6.45) is 0. The van der Waals surface area contributed by atoms with Gasteiger partial charge in [-0.2, -0.15) is 0 Å². The first kappa shape index (κ1) is 20.3. The molecule has 0 aliphatic heterocycles. The Morgan fingerprint density at radius 2 is 1.59 bits per heavy atom. The minimum absolute atomic E-state index is 0.376. The highest BCUT2D eigenvalue weighted by atomic mass is 32.1. The highest BCUT2D eigenvalue weighted by Gasteiger charge is 2.25. The van der Waals surface area contributed by atoms with Crippen LogP contribution in [0, 0.1) is 0 Å². The summed E-state index contributed by atoms with van der Waals surface area (Å²) < 4.78 is 5.16. The molecule has 0 saturated carbocycles. The Kier molecular flexibility index (Phi) is 7.13. The van der Waals surface area contributed by atoms with Crippen molar-refractivity contribution in [1.29, 1.82) is 0 Å². The number of hydrogen-bond acceptors (Lipinski definition) is 5. The van der Waals surface area contributed by atoms with Crippen LogP contribution in [0.5, 0.6) is 0 Å². The molecule has 2 amide bonds. The van der Waals surface area contributed by atoms with Crippen molar-refractivity contribution in [3.05, 3.63) is 94.2 Å². The van der Waals surface area contributed by atoms with Gasteiger partial charge in [0.2, 0.25) is 0 Å². The molecule has 0 bridgehead atoms. The lowest BCUT2D eigenvalue weighted by atomic mass is 10.1. The number of nitrogens with one attached hydrogen (secondary N) is 2. The van der Waals surface area contributed by atoms with Gasteiger partial charge in [-0.3, -0.25) is 9.59 Å². The molecule has 0 saturated heterocycles. The van der Waals surface area contributed by atoms with E-state index in [-0.39, 0.29) is 0 Å². The Hall–Kier alpha value is -3.45. The maximum absolute atomic E-state index is 12.6. The SMILES string of the molecule is O=C(COC(=O)C(NC(=O)c1ccccc1)c1ccccc1)NCc1cccs1. The molecule has 3 rings (SSSR count). The summed E-state index contributed by atoms with van der Waals surface area (Å²) in [6.45, 7) is -0.0460. The van der Waals surface area contributed by atoms with Crippen LogP contribution in [-0.4, -0.2) is 24.4 Å². The molecule has 0 aliphatic carbocycles. The Labute approximate surface area is 172 Å². The fourth-order valence-corrected chi connectivity index (χ4v) is 3.24. The lowest BCUT2D eigenvalue weighted by molar-refractivity contribution is -0.150. The predicted molar refractivity (Wildman–Crippen MR) is 110 cm³/mol. The number of ether oxygens (including phenoxy) is 1. The highest BCUT2D eigenvalue weighted by molar-refractivity contribution is 7.09. The van der Waals surface area contributed by atoms with Gasteiger partial charge in [-0.25, -0.2) is 4.79 Å². The van der Waals surface area contributed by atoms with E-state index in [0.29, 0.717) is 17.7 Å². The van der Waals surface area contributed by atoms with Crippen LogP contribution >= 0.6 is 11.3 Å². The van der Waals surface area contributed by atoms with Crippen molar-refractivity contribution in [3.8, 4) is 0 Å². The van der Waals surface area contributed by atoms with Crippen LogP contribution in [0.15, 0.2) is 78.2 Å². The molecule has 29 heavy (non-hydrogen) atoms. The molecule has 1 atom stereocenters. The van der Waals surface area contributed by atoms with Crippen molar-refractivity contribution in [2.45, 2.75) is 12.6 Å². The molecule has 7 heteroatoms. The summed E-state index contributed by atoms with van der Waals surface area (Å²) in [5, 5.41) is 7.29. The summed E-state index contributed by atoms with van der Waals surface area (Å²) in [5.74, 6) is -1.52. The number of hydrogen-bond donors (Lipinski definition) is 2. The van der Waals surface area contributed by atoms with Gasteiger partial charge in [-0.15, -0.1) is 11.3 Å². The van der Waals surface area contributed by atoms with Gasteiger partial charge in [-0.1, -0.05) is 54.6 Å². The van der Waals surface area contributed by atoms with E-state index in [1.54, 1.807) is 54.6 Å². The summed E-state index contributed by atoms with van der Waals surface area (Å²) in [7, 11) is 0. The topological polar surface area (TPSA) is 84.5 Å². The Morgan fingerprint density at radius 3 is 2.24 bits per heavy atom. The maximum Gasteiger partial charge on any atom is 0.333 e. The lowest BCUT2D eigenvalue weighted by Gasteiger charge is -2.18. The van der Waals surface area contributed by atoms with E-state index < -0.39 is 30.4 Å². The molecule has 0 radical (unpaired) electrons. The van der Waals surface area contributed by atoms with Crippen LogP contribution in [0.25, 0.3) is 0 Å². The zero-order chi connectivity index (χ0) is 20.5. The van der Waals surface area contributed by atoms with Crippen molar-refractivity contribution in [2.75, 3.05) is 6.61 Å². The summed E-state index contributed by atoms with van der Waals surface area (Å²) >= 11 is 1.53. The largest absolute Gasteiger partial charge is 0.454 e. The van der Waals surface area contributed by atoms with Crippen LogP contribution in [0.1, 0.15) is 26.8 Å². The average Bonchev–Trinajstić information content (AvgIpc) is 3.29. The number of carbonyl (C=O) groups excluding carboxylic acids is 3. The van der Waals surface area contributed by atoms with E-state index in [0.717, 1.165) is 4.88 Å². The molecule has 6 nitrogen and oxygen atoms in total. The van der Waals surface area contributed by atoms with Gasteiger partial charge in [0.05, 0.1) is 6.54 Å². The smallest absolute Gasteiger partial charge is 0.333 e. The third kappa shape index (κ3) is 6.02. The number of benzene rings is 2. The van der Waals surface area contributed by atoms with Crippen molar-refractivity contribution < 1.29 is 19.1 Å². The van der Waals surface area contributed by atoms with E-state index in [1.807, 2.05) is 23.6 Å². The van der Waals surface area contributed by atoms with Gasteiger partial charge >= 0.3 is 5.97 Å². The first-order valence-electron chi connectivity index (χ1n) is 9.00. The molecule has 3 aromatic rings. The molecule has 148 valence electrons. The third-order valence-electron chi connectivity index (χ3n) is 4.07. The molecule has 0 aliphatic rings. The van der Waals surface area contributed by atoms with E-state index in [2.05, 4.69) is 10.6 Å². The molecular weight excluding hydrogens is 388 g/mol. The second kappa shape index (κ2) is 10.2. The van der Waals surface area contributed by atoms with Crippen molar-refractivity contribution in [1.82, 2.24) is 10.6 Å². The number of thiophene rings is 1. The molecule has 0 fully saturated rings. The maximum atomic E-state index is 12.6. The fourth-order valence-electron chi connectivity index (χ4n) is 2.60. The van der Waals surface area contributed by atoms with Gasteiger partial charge in [0.15, 0.2) is 12.6 Å². The lowest BCUT2D eigenvalue weighted by Crippen LogP contribution is -2.36. The Balaban J connectivity index is 1.61. The van der Waals surface area contributed by atoms with Gasteiger partial charge in [0.25, 0.3) is 11.8 Å². The molecule has 1 aromatic heterocycles. The van der Waals surface area contributed by atoms with E-state index in [9.17, 15) is 14.4 Å². The first-order chi connectivity index (χ1) is 14.1. The van der Waals surface area contributed by atoms with Gasteiger partial charge in [0, 0.05) is 10.4 Å². The van der Waals surface area contributed by atoms with Gasteiger partial charge < -0.3 is 15.4 Å². The quantitative estimate of drug-likeness (QED) is 0.561. The minimum Gasteiger partial charge on any atom is -0.454 e. The van der Waals surface area contributed by atoms with Crippen molar-refractivity contribution >= 4 is 29.1 Å². The Bertz CT molecular complexity index is 943. The highest BCUT2D eigenvalue weighted by Crippen LogP contribution is 2.16. The fraction of sp³-hybridized carbons (Fsp3) is 0.136. The monoisotopic (exact) mass is 408 g/mol. The number of carbonyl (C=O) groups is 3. The predicted octanol–water partition coefficient (Wildman–Crippen LogP) is 3.08. The van der Waals surface area contributed by atoms with Crippen LogP contribution in [0.4, 0.5) is 0 Å². The molecule has 1 unspecified atom stereocenters. The number of rotatable bonds is 8. The van der Waals surface area contributed by atoms with E-state index in [1.165, 1.54) is 11.3 Å². The minimum atomic E-state index is -1.02. The van der Waals surface area contributed by atoms with E-state index in [4.69, 9.17) is 4.74 Å². The second-order valence-corrected chi connectivity index (χ2v) is 7.18. The first-order valence-corrected chi connectivity index (χ1v) is 9.88. The van der Waals surface area contributed by atoms with Crippen molar-refractivity contribution in [2.24, 2.45) is 0 Å². The molecular formula is C22H20N2O4S. The molecule has 0 spiro atoms. The zero-order valence-electron chi connectivity index (χ0n) is 15.5. The zero-order valence-corrected chi connectivity index (χ0v) is 16.4. The molecule has 2 N–H and O–H groups in total. The van der Waals surface area contributed by atoms with Gasteiger partial charge in [0.1, 0.15) is 0 Å². The number of esters is 1. The third-order valence-corrected chi connectivity index (χ3v) is 4.94. The Morgan fingerprint density at radius 1 is 0.897 bits per heavy atom. The summed E-state index contributed by atoms with van der Waals surface area (Å²) in [4.78, 5) is 38.1. The standard InChI is InChI=1S/C22H20N2O4S/c25-19(23-14-18-12-7-13-29-18)15-28-22(27)20(16-8-3-1-4-9-16)24-21(26)17-10-5-2-6-11-17/h1-13,20H,14-15H2,(H,23,25)(H,24,26). The van der Waals surface area contributed by atoms with E-state index >= 15 is 0 Å². The van der Waals surface area contributed by atoms with Crippen LogP contribution < -0.4 is 10.6 Å².